The zero-order chi connectivity index (χ0) is 15.2. The maximum Gasteiger partial charge on any atom is 0.307 e. The van der Waals surface area contributed by atoms with Gasteiger partial charge in [0.1, 0.15) is 0 Å². The molecule has 0 saturated heterocycles. The Hall–Kier alpha value is -1.84. The normalized spacial score (nSPS) is 23.3. The SMILES string of the molecule is CC(CNC(=O)[C@@H]1CCCC[C@@H]1C(=O)O)c1ccccc1. The minimum Gasteiger partial charge on any atom is -0.481 e. The summed E-state index contributed by atoms with van der Waals surface area (Å²) in [5, 5.41) is 12.2. The number of aliphatic carboxylic acids is 1. The average molecular weight is 289 g/mol. The highest BCUT2D eigenvalue weighted by atomic mass is 16.4. The molecular formula is C17H23NO3. The van der Waals surface area contributed by atoms with Gasteiger partial charge >= 0.3 is 5.97 Å². The van der Waals surface area contributed by atoms with Crippen molar-refractivity contribution in [1.29, 1.82) is 0 Å². The quantitative estimate of drug-likeness (QED) is 0.876. The summed E-state index contributed by atoms with van der Waals surface area (Å²) >= 11 is 0. The molecule has 0 spiro atoms. The second kappa shape index (κ2) is 7.25. The van der Waals surface area contributed by atoms with Crippen molar-refractivity contribution in [3.63, 3.8) is 0 Å². The lowest BCUT2D eigenvalue weighted by Gasteiger charge is -2.28. The minimum atomic E-state index is -0.842. The molecular weight excluding hydrogens is 266 g/mol. The highest BCUT2D eigenvalue weighted by molar-refractivity contribution is 5.84. The van der Waals surface area contributed by atoms with Gasteiger partial charge in [0.25, 0.3) is 0 Å². The predicted octanol–water partition coefficient (Wildman–Crippen LogP) is 2.80. The highest BCUT2D eigenvalue weighted by Crippen LogP contribution is 2.30. The van der Waals surface area contributed by atoms with E-state index in [1.807, 2.05) is 30.3 Å². The van der Waals surface area contributed by atoms with Crippen molar-refractivity contribution in [2.45, 2.75) is 38.5 Å². The van der Waals surface area contributed by atoms with E-state index in [4.69, 9.17) is 0 Å². The van der Waals surface area contributed by atoms with Gasteiger partial charge in [0.15, 0.2) is 0 Å². The lowest BCUT2D eigenvalue weighted by Crippen LogP contribution is -2.40. The van der Waals surface area contributed by atoms with Gasteiger partial charge in [-0.1, -0.05) is 50.1 Å². The van der Waals surface area contributed by atoms with Gasteiger partial charge in [-0.15, -0.1) is 0 Å². The van der Waals surface area contributed by atoms with Crippen molar-refractivity contribution in [1.82, 2.24) is 5.32 Å². The zero-order valence-electron chi connectivity index (χ0n) is 12.4. The molecule has 3 atom stereocenters. The number of nitrogens with one attached hydrogen (secondary N) is 1. The molecule has 114 valence electrons. The van der Waals surface area contributed by atoms with Crippen LogP contribution in [0, 0.1) is 11.8 Å². The summed E-state index contributed by atoms with van der Waals surface area (Å²) in [6.07, 6.45) is 3.14. The first-order valence-corrected chi connectivity index (χ1v) is 7.65. The van der Waals surface area contributed by atoms with Crippen LogP contribution in [0.4, 0.5) is 0 Å². The lowest BCUT2D eigenvalue weighted by molar-refractivity contribution is -0.148. The number of hydrogen-bond donors (Lipinski definition) is 2. The second-order valence-corrected chi connectivity index (χ2v) is 5.89. The van der Waals surface area contributed by atoms with Gasteiger partial charge in [-0.2, -0.15) is 0 Å². The molecule has 0 aliphatic heterocycles. The van der Waals surface area contributed by atoms with E-state index in [1.165, 1.54) is 5.56 Å². The molecule has 0 radical (unpaired) electrons. The van der Waals surface area contributed by atoms with Crippen LogP contribution in [0.25, 0.3) is 0 Å². The van der Waals surface area contributed by atoms with E-state index in [1.54, 1.807) is 0 Å². The molecule has 1 aromatic carbocycles. The summed E-state index contributed by atoms with van der Waals surface area (Å²) in [6, 6.07) is 10.0. The maximum absolute atomic E-state index is 12.3. The fraction of sp³-hybridized carbons (Fsp3) is 0.529. The Kier molecular flexibility index (Phi) is 5.37. The largest absolute Gasteiger partial charge is 0.481 e. The summed E-state index contributed by atoms with van der Waals surface area (Å²) in [5.74, 6) is -1.62. The molecule has 21 heavy (non-hydrogen) atoms. The predicted molar refractivity (Wildman–Crippen MR) is 81.0 cm³/mol. The van der Waals surface area contributed by atoms with Crippen molar-refractivity contribution >= 4 is 11.9 Å². The van der Waals surface area contributed by atoms with Gasteiger partial charge in [0.2, 0.25) is 5.91 Å². The third-order valence-corrected chi connectivity index (χ3v) is 4.37. The number of carbonyl (C=O) groups is 2. The molecule has 1 aliphatic carbocycles. The van der Waals surface area contributed by atoms with E-state index in [9.17, 15) is 14.7 Å². The van der Waals surface area contributed by atoms with E-state index in [2.05, 4.69) is 12.2 Å². The van der Waals surface area contributed by atoms with Crippen LogP contribution in [0.15, 0.2) is 30.3 Å². The van der Waals surface area contributed by atoms with Crippen LogP contribution in [0.1, 0.15) is 44.1 Å². The van der Waals surface area contributed by atoms with Crippen molar-refractivity contribution in [2.75, 3.05) is 6.54 Å². The monoisotopic (exact) mass is 289 g/mol. The highest BCUT2D eigenvalue weighted by Gasteiger charge is 2.35. The van der Waals surface area contributed by atoms with Crippen molar-refractivity contribution < 1.29 is 14.7 Å². The Morgan fingerprint density at radius 2 is 1.81 bits per heavy atom. The third-order valence-electron chi connectivity index (χ3n) is 4.37. The molecule has 2 N–H and O–H groups in total. The van der Waals surface area contributed by atoms with Crippen LogP contribution in [0.3, 0.4) is 0 Å². The summed E-state index contributed by atoms with van der Waals surface area (Å²) in [7, 11) is 0. The number of carboxylic acids is 1. The first kappa shape index (κ1) is 15.5. The van der Waals surface area contributed by atoms with Gasteiger partial charge in [-0.3, -0.25) is 9.59 Å². The van der Waals surface area contributed by atoms with Gasteiger partial charge in [-0.25, -0.2) is 0 Å². The van der Waals surface area contributed by atoms with Crippen LogP contribution in [0.5, 0.6) is 0 Å². The molecule has 0 aromatic heterocycles. The van der Waals surface area contributed by atoms with Crippen molar-refractivity contribution in [2.24, 2.45) is 11.8 Å². The van der Waals surface area contributed by atoms with Crippen LogP contribution in [-0.4, -0.2) is 23.5 Å². The smallest absolute Gasteiger partial charge is 0.307 e. The van der Waals surface area contributed by atoms with E-state index in [0.717, 1.165) is 12.8 Å². The van der Waals surface area contributed by atoms with Crippen LogP contribution >= 0.6 is 0 Å². The first-order chi connectivity index (χ1) is 10.1. The van der Waals surface area contributed by atoms with Gasteiger partial charge in [0.05, 0.1) is 11.8 Å². The molecule has 0 bridgehead atoms. The Morgan fingerprint density at radius 3 is 2.43 bits per heavy atom. The number of hydrogen-bond acceptors (Lipinski definition) is 2. The molecule has 1 aromatic rings. The third kappa shape index (κ3) is 4.06. The summed E-state index contributed by atoms with van der Waals surface area (Å²) in [5.41, 5.74) is 1.18. The topological polar surface area (TPSA) is 66.4 Å². The number of carbonyl (C=O) groups excluding carboxylic acids is 1. The Balaban J connectivity index is 1.90. The van der Waals surface area contributed by atoms with E-state index in [0.29, 0.717) is 19.4 Å². The van der Waals surface area contributed by atoms with Crippen molar-refractivity contribution in [3.05, 3.63) is 35.9 Å². The molecule has 1 fully saturated rings. The van der Waals surface area contributed by atoms with E-state index >= 15 is 0 Å². The molecule has 1 aliphatic rings. The van der Waals surface area contributed by atoms with Crippen molar-refractivity contribution in [3.8, 4) is 0 Å². The number of amides is 1. The molecule has 2 rings (SSSR count). The van der Waals surface area contributed by atoms with Gasteiger partial charge in [0, 0.05) is 6.54 Å². The zero-order valence-corrected chi connectivity index (χ0v) is 12.4. The average Bonchev–Trinajstić information content (AvgIpc) is 2.53. The molecule has 1 amide bonds. The number of carboxylic acid groups (broad SMARTS) is 1. The van der Waals surface area contributed by atoms with Crippen LogP contribution < -0.4 is 5.32 Å². The molecule has 1 saturated carbocycles. The van der Waals surface area contributed by atoms with Gasteiger partial charge < -0.3 is 10.4 Å². The van der Waals surface area contributed by atoms with Gasteiger partial charge in [-0.05, 0) is 24.3 Å². The molecule has 1 unspecified atom stereocenters. The molecule has 4 nitrogen and oxygen atoms in total. The summed E-state index contributed by atoms with van der Waals surface area (Å²) < 4.78 is 0. The second-order valence-electron chi connectivity index (χ2n) is 5.89. The lowest BCUT2D eigenvalue weighted by atomic mass is 9.78. The van der Waals surface area contributed by atoms with Crippen LogP contribution in [-0.2, 0) is 9.59 Å². The molecule has 0 heterocycles. The van der Waals surface area contributed by atoms with Crippen LogP contribution in [0.2, 0.25) is 0 Å². The Morgan fingerprint density at radius 1 is 1.19 bits per heavy atom. The minimum absolute atomic E-state index is 0.107. The number of benzene rings is 1. The summed E-state index contributed by atoms with van der Waals surface area (Å²) in [4.78, 5) is 23.5. The standard InChI is InChI=1S/C17H23NO3/c1-12(13-7-3-2-4-8-13)11-18-16(19)14-9-5-6-10-15(14)17(20)21/h2-4,7-8,12,14-15H,5-6,9-11H2,1H3,(H,18,19)(H,20,21)/t12?,14-,15+/m1/s1. The number of rotatable bonds is 5. The molecule has 4 heteroatoms. The Bertz CT molecular complexity index is 486. The van der Waals surface area contributed by atoms with E-state index in [-0.39, 0.29) is 17.7 Å². The van der Waals surface area contributed by atoms with E-state index < -0.39 is 11.9 Å². The first-order valence-electron chi connectivity index (χ1n) is 7.65. The fourth-order valence-electron chi connectivity index (χ4n) is 3.02. The summed E-state index contributed by atoms with van der Waals surface area (Å²) in [6.45, 7) is 2.61. The Labute approximate surface area is 125 Å². The maximum atomic E-state index is 12.3. The fourth-order valence-corrected chi connectivity index (χ4v) is 3.02.